The van der Waals surface area contributed by atoms with Gasteiger partial charge < -0.3 is 4.57 Å². The molecule has 0 bridgehead atoms. The molecule has 0 atom stereocenters. The van der Waals surface area contributed by atoms with Gasteiger partial charge in [-0.05, 0) is 83.8 Å². The number of nitrogens with zero attached hydrogens (tertiary/aromatic N) is 2. The first-order chi connectivity index (χ1) is 21.5. The standard InChI is InChI=1S/C41H30N2S/c1-4-5-6-11-29-21-28-23-34-33-22-27(17-19-39(33)44-40(34)24-35(28)41(29,2)3)32-20-26(25-42)16-18-38(32)43-36-14-9-7-12-30(36)31-13-8-10-15-37(31)43/h4-24H,1-3H3/b5-4-,11-6-. The minimum Gasteiger partial charge on any atom is -0.309 e. The molecule has 2 nitrogen and oxygen atoms in total. The van der Waals surface area contributed by atoms with Crippen molar-refractivity contribution in [3.05, 3.63) is 144 Å². The van der Waals surface area contributed by atoms with Crippen molar-refractivity contribution >= 4 is 59.4 Å². The Bertz CT molecular complexity index is 2380. The first-order valence-electron chi connectivity index (χ1n) is 15.0. The van der Waals surface area contributed by atoms with E-state index in [9.17, 15) is 5.26 Å². The summed E-state index contributed by atoms with van der Waals surface area (Å²) in [5.74, 6) is 0. The highest BCUT2D eigenvalue weighted by Gasteiger charge is 2.32. The zero-order chi connectivity index (χ0) is 30.0. The highest BCUT2D eigenvalue weighted by Crippen LogP contribution is 2.47. The molecule has 0 spiro atoms. The lowest BCUT2D eigenvalue weighted by Gasteiger charge is -2.22. The highest BCUT2D eigenvalue weighted by molar-refractivity contribution is 7.25. The zero-order valence-corrected chi connectivity index (χ0v) is 25.7. The van der Waals surface area contributed by atoms with E-state index in [1.807, 2.05) is 30.4 Å². The number of thiophene rings is 1. The number of rotatable bonds is 4. The maximum absolute atomic E-state index is 9.91. The minimum atomic E-state index is -0.0438. The summed E-state index contributed by atoms with van der Waals surface area (Å²) in [5.41, 5.74) is 10.2. The van der Waals surface area contributed by atoms with E-state index < -0.39 is 0 Å². The highest BCUT2D eigenvalue weighted by atomic mass is 32.1. The Labute approximate surface area is 261 Å². The number of fused-ring (bicyclic) bond motifs is 7. The maximum atomic E-state index is 9.91. The third kappa shape index (κ3) is 3.92. The molecule has 0 unspecified atom stereocenters. The summed E-state index contributed by atoms with van der Waals surface area (Å²) in [6.45, 7) is 6.68. The van der Waals surface area contributed by atoms with Crippen LogP contribution in [0.3, 0.4) is 0 Å². The van der Waals surface area contributed by atoms with Crippen LogP contribution in [0.5, 0.6) is 0 Å². The molecule has 0 N–H and O–H groups in total. The topological polar surface area (TPSA) is 28.7 Å². The third-order valence-corrected chi connectivity index (χ3v) is 10.3. The SMILES string of the molecule is C/C=C\C=C/C1=Cc2cc3c(cc2C1(C)C)sc1ccc(-c2cc(C#N)ccc2-n2c4ccccc4c4ccccc42)cc13. The molecular weight excluding hydrogens is 553 g/mol. The molecule has 0 radical (unpaired) electrons. The molecule has 2 aromatic heterocycles. The van der Waals surface area contributed by atoms with Crippen LogP contribution in [-0.4, -0.2) is 4.57 Å². The lowest BCUT2D eigenvalue weighted by atomic mass is 9.81. The molecule has 1 aliphatic rings. The van der Waals surface area contributed by atoms with Gasteiger partial charge >= 0.3 is 0 Å². The van der Waals surface area contributed by atoms with Gasteiger partial charge in [-0.15, -0.1) is 11.3 Å². The Morgan fingerprint density at radius 3 is 2.20 bits per heavy atom. The summed E-state index contributed by atoms with van der Waals surface area (Å²) < 4.78 is 4.93. The summed E-state index contributed by atoms with van der Waals surface area (Å²) >= 11 is 1.86. The molecule has 7 aromatic rings. The zero-order valence-electron chi connectivity index (χ0n) is 24.9. The third-order valence-electron chi connectivity index (χ3n) is 9.18. The number of nitriles is 1. The Hall–Kier alpha value is -5.17. The Morgan fingerprint density at radius 2 is 1.48 bits per heavy atom. The van der Waals surface area contributed by atoms with E-state index in [0.29, 0.717) is 5.56 Å². The van der Waals surface area contributed by atoms with Gasteiger partial charge in [-0.25, -0.2) is 0 Å². The van der Waals surface area contributed by atoms with E-state index in [0.717, 1.165) is 27.8 Å². The van der Waals surface area contributed by atoms with Crippen molar-refractivity contribution in [2.45, 2.75) is 26.2 Å². The molecule has 210 valence electrons. The second-order valence-electron chi connectivity index (χ2n) is 12.1. The van der Waals surface area contributed by atoms with Gasteiger partial charge in [0.25, 0.3) is 0 Å². The van der Waals surface area contributed by atoms with Crippen molar-refractivity contribution < 1.29 is 0 Å². The van der Waals surface area contributed by atoms with Crippen LogP contribution in [0.2, 0.25) is 0 Å². The minimum absolute atomic E-state index is 0.0438. The molecule has 8 rings (SSSR count). The van der Waals surface area contributed by atoms with Gasteiger partial charge in [-0.3, -0.25) is 0 Å². The van der Waals surface area contributed by atoms with Gasteiger partial charge in [0.1, 0.15) is 0 Å². The summed E-state index contributed by atoms with van der Waals surface area (Å²) in [4.78, 5) is 0. The summed E-state index contributed by atoms with van der Waals surface area (Å²) in [6, 6.07) is 37.2. The van der Waals surface area contributed by atoms with Crippen LogP contribution in [0.25, 0.3) is 64.9 Å². The van der Waals surface area contributed by atoms with E-state index >= 15 is 0 Å². The normalized spacial score (nSPS) is 14.4. The first-order valence-corrected chi connectivity index (χ1v) is 15.8. The fraction of sp³-hybridized carbons (Fsp3) is 0.0976. The molecule has 0 fully saturated rings. The van der Waals surface area contributed by atoms with Gasteiger partial charge in [-0.2, -0.15) is 5.26 Å². The van der Waals surface area contributed by atoms with E-state index in [4.69, 9.17) is 0 Å². The van der Waals surface area contributed by atoms with Crippen molar-refractivity contribution in [3.63, 3.8) is 0 Å². The van der Waals surface area contributed by atoms with Crippen LogP contribution in [-0.2, 0) is 5.41 Å². The molecule has 44 heavy (non-hydrogen) atoms. The molecular formula is C41H30N2S. The van der Waals surface area contributed by atoms with Gasteiger partial charge in [0.2, 0.25) is 0 Å². The quantitative estimate of drug-likeness (QED) is 0.190. The van der Waals surface area contributed by atoms with Gasteiger partial charge in [0.15, 0.2) is 0 Å². The second kappa shape index (κ2) is 9.95. The first kappa shape index (κ1) is 26.5. The molecule has 1 aliphatic carbocycles. The fourth-order valence-electron chi connectivity index (χ4n) is 6.91. The van der Waals surface area contributed by atoms with Crippen LogP contribution in [0.4, 0.5) is 0 Å². The van der Waals surface area contributed by atoms with Crippen molar-refractivity contribution in [2.75, 3.05) is 0 Å². The molecule has 0 aliphatic heterocycles. The molecule has 5 aromatic carbocycles. The lowest BCUT2D eigenvalue weighted by molar-refractivity contribution is 0.656. The lowest BCUT2D eigenvalue weighted by Crippen LogP contribution is -2.15. The van der Waals surface area contributed by atoms with Crippen LogP contribution in [0, 0.1) is 11.3 Å². The number of benzene rings is 5. The number of para-hydroxylation sites is 2. The predicted molar refractivity (Wildman–Crippen MR) is 189 cm³/mol. The Balaban J connectivity index is 1.35. The average Bonchev–Trinajstić information content (AvgIpc) is 3.66. The fourth-order valence-corrected chi connectivity index (χ4v) is 8.02. The van der Waals surface area contributed by atoms with Crippen LogP contribution in [0.1, 0.15) is 37.5 Å². The van der Waals surface area contributed by atoms with Crippen molar-refractivity contribution in [3.8, 4) is 22.9 Å². The molecule has 2 heterocycles. The number of allylic oxidation sites excluding steroid dienone is 5. The summed E-state index contributed by atoms with van der Waals surface area (Å²) in [6.07, 6.45) is 10.9. The van der Waals surface area contributed by atoms with E-state index in [-0.39, 0.29) is 5.41 Å². The summed E-state index contributed by atoms with van der Waals surface area (Å²) in [5, 5.41) is 14.9. The number of hydrogen-bond donors (Lipinski definition) is 0. The van der Waals surface area contributed by atoms with E-state index in [1.165, 1.54) is 47.6 Å². The summed E-state index contributed by atoms with van der Waals surface area (Å²) in [7, 11) is 0. The van der Waals surface area contributed by atoms with Crippen molar-refractivity contribution in [2.24, 2.45) is 0 Å². The average molecular weight is 583 g/mol. The van der Waals surface area contributed by atoms with Gasteiger partial charge in [-0.1, -0.05) is 86.7 Å². The number of hydrogen-bond acceptors (Lipinski definition) is 2. The van der Waals surface area contributed by atoms with E-state index in [1.54, 1.807) is 0 Å². The van der Waals surface area contributed by atoms with Crippen LogP contribution >= 0.6 is 11.3 Å². The second-order valence-corrected chi connectivity index (χ2v) is 13.2. The molecule has 0 saturated heterocycles. The molecule has 0 amide bonds. The van der Waals surface area contributed by atoms with E-state index in [2.05, 4.69) is 140 Å². The van der Waals surface area contributed by atoms with Crippen molar-refractivity contribution in [1.29, 1.82) is 5.26 Å². The van der Waals surface area contributed by atoms with Crippen LogP contribution in [0.15, 0.2) is 127 Å². The molecule has 3 heteroatoms. The maximum Gasteiger partial charge on any atom is 0.0991 e. The monoisotopic (exact) mass is 582 g/mol. The van der Waals surface area contributed by atoms with Crippen LogP contribution < -0.4 is 0 Å². The van der Waals surface area contributed by atoms with Crippen molar-refractivity contribution in [1.82, 2.24) is 4.57 Å². The van der Waals surface area contributed by atoms with Gasteiger partial charge in [0.05, 0.1) is 28.4 Å². The van der Waals surface area contributed by atoms with Gasteiger partial charge in [0, 0.05) is 41.9 Å². The Kier molecular flexibility index (Phi) is 5.98. The smallest absolute Gasteiger partial charge is 0.0991 e. The number of aromatic nitrogens is 1. The Morgan fingerprint density at radius 1 is 0.750 bits per heavy atom. The largest absolute Gasteiger partial charge is 0.309 e. The molecule has 0 saturated carbocycles. The predicted octanol–water partition coefficient (Wildman–Crippen LogP) is 11.5.